The minimum absolute atomic E-state index is 0.0539. The molecule has 3 rings (SSSR count). The lowest BCUT2D eigenvalue weighted by atomic mass is 10.0. The van der Waals surface area contributed by atoms with Crippen molar-refractivity contribution in [3.05, 3.63) is 28.2 Å². The summed E-state index contributed by atoms with van der Waals surface area (Å²) in [4.78, 5) is 23.8. The first kappa shape index (κ1) is 16.5. The molecule has 10 heteroatoms. The summed E-state index contributed by atoms with van der Waals surface area (Å²) in [6.45, 7) is 0.281. The Kier molecular flexibility index (Phi) is 4.26. The van der Waals surface area contributed by atoms with Gasteiger partial charge in [0, 0.05) is 30.6 Å². The maximum absolute atomic E-state index is 12.5. The molecule has 0 aromatic heterocycles. The number of amides is 2. The Morgan fingerprint density at radius 3 is 2.52 bits per heavy atom. The molecular weight excluding hydrogens is 367 g/mol. The molecule has 0 spiro atoms. The van der Waals surface area contributed by atoms with Gasteiger partial charge in [0.1, 0.15) is 4.90 Å². The maximum atomic E-state index is 12.5. The second-order valence-corrected chi connectivity index (χ2v) is 8.07. The van der Waals surface area contributed by atoms with Crippen molar-refractivity contribution in [3.63, 3.8) is 0 Å². The highest BCUT2D eigenvalue weighted by Crippen LogP contribution is 2.32. The Morgan fingerprint density at radius 2 is 1.91 bits per heavy atom. The first-order valence-electron chi connectivity index (χ1n) is 6.71. The number of sulfonamides is 1. The first-order chi connectivity index (χ1) is 10.8. The van der Waals surface area contributed by atoms with Crippen LogP contribution in [0.2, 0.25) is 10.0 Å². The maximum Gasteiger partial charge on any atom is 0.417 e. The molecule has 0 aliphatic carbocycles. The van der Waals surface area contributed by atoms with Crippen molar-refractivity contribution in [2.24, 2.45) is 5.92 Å². The van der Waals surface area contributed by atoms with Gasteiger partial charge in [-0.25, -0.2) is 18.1 Å². The molecule has 0 saturated carbocycles. The third-order valence-electron chi connectivity index (χ3n) is 3.72. The van der Waals surface area contributed by atoms with Gasteiger partial charge in [0.25, 0.3) is 5.91 Å². The number of halogens is 2. The number of carbonyl (C=O) groups is 2. The molecule has 2 amide bonds. The van der Waals surface area contributed by atoms with Gasteiger partial charge in [-0.3, -0.25) is 4.79 Å². The van der Waals surface area contributed by atoms with E-state index in [0.717, 1.165) is 4.90 Å². The van der Waals surface area contributed by atoms with Gasteiger partial charge in [0.2, 0.25) is 10.0 Å². The van der Waals surface area contributed by atoms with E-state index >= 15 is 0 Å². The zero-order valence-electron chi connectivity index (χ0n) is 11.7. The van der Waals surface area contributed by atoms with E-state index in [1.807, 2.05) is 0 Å². The highest BCUT2D eigenvalue weighted by Gasteiger charge is 2.41. The smallest absolute Gasteiger partial charge is 0.417 e. The topological polar surface area (TPSA) is 84.0 Å². The molecule has 2 saturated heterocycles. The van der Waals surface area contributed by atoms with Crippen LogP contribution in [0, 0.1) is 5.92 Å². The van der Waals surface area contributed by atoms with Crippen molar-refractivity contribution in [2.45, 2.75) is 4.90 Å². The lowest BCUT2D eigenvalue weighted by Gasteiger charge is -2.39. The van der Waals surface area contributed by atoms with Crippen LogP contribution >= 0.6 is 23.2 Å². The summed E-state index contributed by atoms with van der Waals surface area (Å²) in [5.74, 6) is -0.536. The number of nitrogens with zero attached hydrogens (tertiary/aromatic N) is 2. The van der Waals surface area contributed by atoms with Gasteiger partial charge in [0.05, 0.1) is 5.02 Å². The summed E-state index contributed by atoms with van der Waals surface area (Å²) in [5, 5.41) is 0.367. The van der Waals surface area contributed by atoms with Crippen molar-refractivity contribution in [2.75, 3.05) is 26.2 Å². The van der Waals surface area contributed by atoms with E-state index in [9.17, 15) is 18.0 Å². The summed E-state index contributed by atoms with van der Waals surface area (Å²) in [7, 11) is -3.75. The Hall–Kier alpha value is -1.35. The van der Waals surface area contributed by atoms with Crippen LogP contribution in [-0.4, -0.2) is 55.9 Å². The normalized spacial score (nSPS) is 19.8. The average Bonchev–Trinajstić information content (AvgIpc) is 2.75. The zero-order valence-corrected chi connectivity index (χ0v) is 14.1. The highest BCUT2D eigenvalue weighted by atomic mass is 35.5. The van der Waals surface area contributed by atoms with E-state index in [1.54, 1.807) is 0 Å². The Bertz CT molecular complexity index is 761. The fourth-order valence-electron chi connectivity index (χ4n) is 2.46. The molecule has 2 aliphatic heterocycles. The van der Waals surface area contributed by atoms with E-state index in [-0.39, 0.29) is 47.1 Å². The van der Waals surface area contributed by atoms with E-state index in [1.165, 1.54) is 22.5 Å². The average molecular weight is 379 g/mol. The molecule has 2 aliphatic rings. The molecule has 1 aromatic carbocycles. The molecule has 0 atom stereocenters. The third kappa shape index (κ3) is 3.03. The minimum Gasteiger partial charge on any atom is -0.439 e. The molecule has 2 heterocycles. The van der Waals surface area contributed by atoms with Crippen molar-refractivity contribution in [3.8, 4) is 0 Å². The second kappa shape index (κ2) is 5.94. The van der Waals surface area contributed by atoms with Gasteiger partial charge in [0.15, 0.2) is 6.61 Å². The van der Waals surface area contributed by atoms with E-state index in [0.29, 0.717) is 0 Å². The van der Waals surface area contributed by atoms with E-state index in [2.05, 4.69) is 4.74 Å². The van der Waals surface area contributed by atoms with Crippen molar-refractivity contribution in [1.29, 1.82) is 0 Å². The van der Waals surface area contributed by atoms with Gasteiger partial charge < -0.3 is 4.74 Å². The molecule has 23 heavy (non-hydrogen) atoms. The summed E-state index contributed by atoms with van der Waals surface area (Å²) in [5.41, 5.74) is 0. The predicted molar refractivity (Wildman–Crippen MR) is 81.8 cm³/mol. The molecule has 7 nitrogen and oxygen atoms in total. The number of hydrogen-bond acceptors (Lipinski definition) is 5. The van der Waals surface area contributed by atoms with Gasteiger partial charge in [-0.15, -0.1) is 0 Å². The molecule has 124 valence electrons. The predicted octanol–water partition coefficient (Wildman–Crippen LogP) is 1.59. The van der Waals surface area contributed by atoms with Crippen LogP contribution in [0.5, 0.6) is 0 Å². The second-order valence-electron chi connectivity index (χ2n) is 5.32. The molecule has 1 aromatic rings. The summed E-state index contributed by atoms with van der Waals surface area (Å²) in [6, 6.07) is 4.23. The van der Waals surface area contributed by atoms with Gasteiger partial charge >= 0.3 is 6.09 Å². The standard InChI is InChI=1S/C13H12Cl2N2O5S/c14-9-1-2-10(15)11(3-9)23(20,21)16-4-8(5-16)6-17-12(18)7-22-13(17)19/h1-3,8H,4-7H2. The van der Waals surface area contributed by atoms with Crippen LogP contribution in [-0.2, 0) is 19.6 Å². The summed E-state index contributed by atoms with van der Waals surface area (Å²) in [6.07, 6.45) is -0.686. The third-order valence-corrected chi connectivity index (χ3v) is 6.26. The van der Waals surface area contributed by atoms with E-state index < -0.39 is 22.0 Å². The lowest BCUT2D eigenvalue weighted by Crippen LogP contribution is -2.54. The quantitative estimate of drug-likeness (QED) is 0.794. The molecule has 2 fully saturated rings. The van der Waals surface area contributed by atoms with Gasteiger partial charge in [-0.1, -0.05) is 23.2 Å². The zero-order chi connectivity index (χ0) is 16.8. The van der Waals surface area contributed by atoms with Gasteiger partial charge in [-0.2, -0.15) is 4.31 Å². The number of rotatable bonds is 4. The Morgan fingerprint density at radius 1 is 1.22 bits per heavy atom. The van der Waals surface area contributed by atoms with Crippen LogP contribution in [0.25, 0.3) is 0 Å². The minimum atomic E-state index is -3.75. The van der Waals surface area contributed by atoms with Crippen LogP contribution < -0.4 is 0 Å². The first-order valence-corrected chi connectivity index (χ1v) is 8.91. The van der Waals surface area contributed by atoms with Crippen LogP contribution in [0.3, 0.4) is 0 Å². The van der Waals surface area contributed by atoms with Crippen molar-refractivity contribution < 1.29 is 22.7 Å². The SMILES string of the molecule is O=C1COC(=O)N1CC1CN(S(=O)(=O)c2cc(Cl)ccc2Cl)C1. The number of ether oxygens (including phenoxy) is 1. The highest BCUT2D eigenvalue weighted by molar-refractivity contribution is 7.89. The fraction of sp³-hybridized carbons (Fsp3) is 0.385. The van der Waals surface area contributed by atoms with E-state index in [4.69, 9.17) is 23.2 Å². The number of benzene rings is 1. The number of hydrogen-bond donors (Lipinski definition) is 0. The van der Waals surface area contributed by atoms with Gasteiger partial charge in [-0.05, 0) is 18.2 Å². The Labute approximate surface area is 142 Å². The lowest BCUT2D eigenvalue weighted by molar-refractivity contribution is -0.126. The number of imide groups is 1. The monoisotopic (exact) mass is 378 g/mol. The van der Waals surface area contributed by atoms with Crippen LogP contribution in [0.15, 0.2) is 23.1 Å². The molecular formula is C13H12Cl2N2O5S. The van der Waals surface area contributed by atoms with Crippen molar-refractivity contribution in [1.82, 2.24) is 9.21 Å². The fourth-order valence-corrected chi connectivity index (χ4v) is 4.79. The van der Waals surface area contributed by atoms with Crippen molar-refractivity contribution >= 4 is 45.2 Å². The molecule has 0 bridgehead atoms. The Balaban J connectivity index is 1.67. The molecule has 0 radical (unpaired) electrons. The molecule has 0 N–H and O–H groups in total. The largest absolute Gasteiger partial charge is 0.439 e. The summed E-state index contributed by atoms with van der Waals surface area (Å²) >= 11 is 11.8. The van der Waals surface area contributed by atoms with Crippen LogP contribution in [0.4, 0.5) is 4.79 Å². The molecule has 0 unspecified atom stereocenters. The van der Waals surface area contributed by atoms with Crippen LogP contribution in [0.1, 0.15) is 0 Å². The summed E-state index contributed by atoms with van der Waals surface area (Å²) < 4.78 is 30.9. The number of cyclic esters (lactones) is 1. The number of carbonyl (C=O) groups excluding carboxylic acids is 2.